The molecule has 30 heavy (non-hydrogen) atoms. The lowest BCUT2D eigenvalue weighted by atomic mass is 10.0. The number of piperidine rings is 1. The summed E-state index contributed by atoms with van der Waals surface area (Å²) in [5, 5.41) is 0. The Morgan fingerprint density at radius 3 is 2.37 bits per heavy atom. The molecule has 1 aliphatic heterocycles. The zero-order chi connectivity index (χ0) is 21.7. The molecular weight excluding hydrogens is 396 g/mol. The van der Waals surface area contributed by atoms with Gasteiger partial charge >= 0.3 is 0 Å². The lowest BCUT2D eigenvalue weighted by molar-refractivity contribution is 0.220. The molecule has 1 N–H and O–H groups in total. The predicted molar refractivity (Wildman–Crippen MR) is 121 cm³/mol. The van der Waals surface area contributed by atoms with Crippen molar-refractivity contribution >= 4 is 10.0 Å². The molecule has 0 aromatic heterocycles. The maximum absolute atomic E-state index is 13.1. The second-order valence-corrected chi connectivity index (χ2v) is 10.2. The van der Waals surface area contributed by atoms with E-state index >= 15 is 0 Å². The number of nitrogens with one attached hydrogen (secondary N) is 1. The molecule has 0 radical (unpaired) electrons. The Hall–Kier alpha value is -1.89. The summed E-state index contributed by atoms with van der Waals surface area (Å²) in [6.45, 7) is 9.27. The molecule has 2 aromatic rings. The molecule has 6 heteroatoms. The highest BCUT2D eigenvalue weighted by molar-refractivity contribution is 7.89. The van der Waals surface area contributed by atoms with Crippen LogP contribution in [0, 0.1) is 6.92 Å². The van der Waals surface area contributed by atoms with E-state index in [-0.39, 0.29) is 12.5 Å². The Bertz CT molecular complexity index is 964. The summed E-state index contributed by atoms with van der Waals surface area (Å²) < 4.78 is 34.6. The number of hydrogen-bond acceptors (Lipinski definition) is 4. The van der Waals surface area contributed by atoms with Crippen molar-refractivity contribution < 1.29 is 13.2 Å². The Morgan fingerprint density at radius 2 is 1.73 bits per heavy atom. The van der Waals surface area contributed by atoms with E-state index in [9.17, 15) is 8.42 Å². The van der Waals surface area contributed by atoms with Gasteiger partial charge in [0.25, 0.3) is 0 Å². The molecule has 3 rings (SSSR count). The van der Waals surface area contributed by atoms with Gasteiger partial charge in [-0.25, -0.2) is 13.1 Å². The zero-order valence-corrected chi connectivity index (χ0v) is 19.4. The number of nitrogens with zero attached hydrogens (tertiary/aromatic N) is 1. The van der Waals surface area contributed by atoms with Gasteiger partial charge in [-0.15, -0.1) is 0 Å². The highest BCUT2D eigenvalue weighted by Gasteiger charge is 2.21. The summed E-state index contributed by atoms with van der Waals surface area (Å²) in [6, 6.07) is 11.7. The molecule has 0 aliphatic carbocycles. The highest BCUT2D eigenvalue weighted by atomic mass is 32.2. The first-order valence-electron chi connectivity index (χ1n) is 10.8. The van der Waals surface area contributed by atoms with Gasteiger partial charge in [0.05, 0.1) is 12.0 Å². The lowest BCUT2D eigenvalue weighted by Crippen LogP contribution is -2.30. The number of hydrogen-bond donors (Lipinski definition) is 1. The summed E-state index contributed by atoms with van der Waals surface area (Å²) >= 11 is 0. The molecule has 1 fully saturated rings. The molecule has 0 spiro atoms. The van der Waals surface area contributed by atoms with Gasteiger partial charge in [0.1, 0.15) is 5.75 Å². The second-order valence-electron chi connectivity index (χ2n) is 8.44. The van der Waals surface area contributed by atoms with Crippen molar-refractivity contribution in [2.45, 2.75) is 63.9 Å². The van der Waals surface area contributed by atoms with Gasteiger partial charge in [0, 0.05) is 13.1 Å². The van der Waals surface area contributed by atoms with E-state index in [0.717, 1.165) is 36.5 Å². The first kappa shape index (κ1) is 22.8. The number of ether oxygens (including phenoxy) is 1. The molecule has 1 saturated heterocycles. The van der Waals surface area contributed by atoms with Crippen LogP contribution >= 0.6 is 0 Å². The van der Waals surface area contributed by atoms with E-state index < -0.39 is 10.0 Å². The summed E-state index contributed by atoms with van der Waals surface area (Å²) in [5.74, 6) is 0.896. The second kappa shape index (κ2) is 9.94. The van der Waals surface area contributed by atoms with Crippen molar-refractivity contribution in [2.24, 2.45) is 0 Å². The van der Waals surface area contributed by atoms with E-state index in [0.29, 0.717) is 10.5 Å². The first-order chi connectivity index (χ1) is 14.3. The molecule has 1 aliphatic rings. The third-order valence-corrected chi connectivity index (χ3v) is 7.40. The predicted octanol–water partition coefficient (Wildman–Crippen LogP) is 4.59. The van der Waals surface area contributed by atoms with Gasteiger partial charge in [-0.05, 0) is 73.2 Å². The van der Waals surface area contributed by atoms with Gasteiger partial charge in [-0.2, -0.15) is 0 Å². The first-order valence-corrected chi connectivity index (χ1v) is 12.3. The summed E-state index contributed by atoms with van der Waals surface area (Å²) in [4.78, 5) is 2.78. The molecule has 0 atom stereocenters. The molecule has 164 valence electrons. The van der Waals surface area contributed by atoms with E-state index in [1.807, 2.05) is 45.0 Å². The number of sulfonamides is 1. The zero-order valence-electron chi connectivity index (χ0n) is 18.6. The monoisotopic (exact) mass is 430 g/mol. The molecule has 0 bridgehead atoms. The van der Waals surface area contributed by atoms with Crippen LogP contribution in [0.4, 0.5) is 0 Å². The van der Waals surface area contributed by atoms with E-state index in [2.05, 4.69) is 15.7 Å². The number of methoxy groups -OCH3 is 1. The molecular formula is C24H34N2O3S. The Balaban J connectivity index is 1.80. The minimum Gasteiger partial charge on any atom is -0.496 e. The Morgan fingerprint density at radius 1 is 1.07 bits per heavy atom. The van der Waals surface area contributed by atoms with E-state index in [1.165, 1.54) is 24.8 Å². The maximum atomic E-state index is 13.1. The molecule has 2 aromatic carbocycles. The van der Waals surface area contributed by atoms with E-state index in [4.69, 9.17) is 4.74 Å². The van der Waals surface area contributed by atoms with Crippen LogP contribution in [0.3, 0.4) is 0 Å². The summed E-state index contributed by atoms with van der Waals surface area (Å²) in [7, 11) is -2.02. The molecule has 0 amide bonds. The fourth-order valence-electron chi connectivity index (χ4n) is 4.09. The van der Waals surface area contributed by atoms with Gasteiger partial charge in [0.2, 0.25) is 10.0 Å². The smallest absolute Gasteiger partial charge is 0.241 e. The molecule has 0 saturated carbocycles. The number of likely N-dealkylation sites (tertiary alicyclic amines) is 1. The van der Waals surface area contributed by atoms with E-state index in [1.54, 1.807) is 13.2 Å². The van der Waals surface area contributed by atoms with Crippen molar-refractivity contribution in [3.63, 3.8) is 0 Å². The van der Waals surface area contributed by atoms with Crippen molar-refractivity contribution in [3.8, 4) is 5.75 Å². The summed E-state index contributed by atoms with van der Waals surface area (Å²) in [5.41, 5.74) is 3.80. The fourth-order valence-corrected chi connectivity index (χ4v) is 5.35. The van der Waals surface area contributed by atoms with Gasteiger partial charge < -0.3 is 4.74 Å². The van der Waals surface area contributed by atoms with Crippen molar-refractivity contribution in [1.29, 1.82) is 0 Å². The number of rotatable bonds is 8. The van der Waals surface area contributed by atoms with Gasteiger partial charge in [0.15, 0.2) is 0 Å². The topological polar surface area (TPSA) is 58.6 Å². The van der Waals surface area contributed by atoms with Crippen molar-refractivity contribution in [1.82, 2.24) is 9.62 Å². The SMILES string of the molecule is COc1cc(C)c(S(=O)(=O)NCc2ccccc2CN2CCCCC2)cc1C(C)C. The third kappa shape index (κ3) is 5.42. The minimum atomic E-state index is -3.64. The molecule has 0 unspecified atom stereocenters. The molecule has 5 nitrogen and oxygen atoms in total. The van der Waals surface area contributed by atoms with Crippen LogP contribution in [-0.4, -0.2) is 33.5 Å². The van der Waals surface area contributed by atoms with Gasteiger partial charge in [-0.3, -0.25) is 4.90 Å². The van der Waals surface area contributed by atoms with Crippen LogP contribution in [0.5, 0.6) is 5.75 Å². The van der Waals surface area contributed by atoms with Crippen LogP contribution in [0.15, 0.2) is 41.3 Å². The third-order valence-electron chi connectivity index (χ3n) is 5.85. The summed E-state index contributed by atoms with van der Waals surface area (Å²) in [6.07, 6.45) is 3.78. The average Bonchev–Trinajstić information content (AvgIpc) is 2.73. The Labute approximate surface area is 181 Å². The minimum absolute atomic E-state index is 0.166. The van der Waals surface area contributed by atoms with Crippen LogP contribution in [0.25, 0.3) is 0 Å². The number of aryl methyl sites for hydroxylation is 1. The fraction of sp³-hybridized carbons (Fsp3) is 0.500. The maximum Gasteiger partial charge on any atom is 0.241 e. The largest absolute Gasteiger partial charge is 0.496 e. The van der Waals surface area contributed by atoms with Crippen LogP contribution in [0.1, 0.15) is 61.3 Å². The van der Waals surface area contributed by atoms with Crippen LogP contribution < -0.4 is 9.46 Å². The normalized spacial score (nSPS) is 15.5. The average molecular weight is 431 g/mol. The quantitative estimate of drug-likeness (QED) is 0.665. The standard InChI is InChI=1S/C24H34N2O3S/c1-18(2)22-15-24(19(3)14-23(22)29-4)30(27,28)25-16-20-10-6-7-11-21(20)17-26-12-8-5-9-13-26/h6-7,10-11,14-15,18,25H,5,8-9,12-13,16-17H2,1-4H3. The Kier molecular flexibility index (Phi) is 7.55. The van der Waals surface area contributed by atoms with Crippen molar-refractivity contribution in [3.05, 3.63) is 58.7 Å². The lowest BCUT2D eigenvalue weighted by Gasteiger charge is -2.27. The van der Waals surface area contributed by atoms with Crippen LogP contribution in [0.2, 0.25) is 0 Å². The van der Waals surface area contributed by atoms with Gasteiger partial charge in [-0.1, -0.05) is 44.5 Å². The number of benzene rings is 2. The molecule has 1 heterocycles. The van der Waals surface area contributed by atoms with Crippen LogP contribution in [-0.2, 0) is 23.1 Å². The highest BCUT2D eigenvalue weighted by Crippen LogP contribution is 2.31. The van der Waals surface area contributed by atoms with Crippen molar-refractivity contribution in [2.75, 3.05) is 20.2 Å².